The molecule has 3 N–H and O–H groups in total. The molecule has 3 amide bonds. The third-order valence-electron chi connectivity index (χ3n) is 7.30. The van der Waals surface area contributed by atoms with E-state index in [0.717, 1.165) is 16.0 Å². The lowest BCUT2D eigenvalue weighted by Crippen LogP contribution is -2.30. The summed E-state index contributed by atoms with van der Waals surface area (Å²) < 4.78 is 13.5. The fraction of sp³-hybridized carbons (Fsp3) is 0.0256. The maximum absolute atomic E-state index is 13.7. The van der Waals surface area contributed by atoms with E-state index in [1.807, 2.05) is 53.9 Å². The molecule has 1 heterocycles. The number of rotatable bonds is 11. The maximum atomic E-state index is 13.7. The first-order chi connectivity index (χ1) is 24.3. The molecule has 0 saturated carbocycles. The average Bonchev–Trinajstić information content (AvgIpc) is 3.60. The van der Waals surface area contributed by atoms with Gasteiger partial charge in [-0.2, -0.15) is 0 Å². The summed E-state index contributed by atoms with van der Waals surface area (Å²) in [6.07, 6.45) is 1.47. The smallest absolute Gasteiger partial charge is 0.272 e. The van der Waals surface area contributed by atoms with Gasteiger partial charge in [0.15, 0.2) is 5.13 Å². The number of thioether (sulfide) groups is 1. The van der Waals surface area contributed by atoms with Gasteiger partial charge in [0.05, 0.1) is 5.69 Å². The molecule has 248 valence electrons. The van der Waals surface area contributed by atoms with Gasteiger partial charge in [-0.3, -0.25) is 14.4 Å². The largest absolute Gasteiger partial charge is 0.321 e. The topological polar surface area (TPSA) is 100 Å². The van der Waals surface area contributed by atoms with E-state index in [4.69, 9.17) is 11.6 Å². The van der Waals surface area contributed by atoms with Crippen LogP contribution in [0.15, 0.2) is 149 Å². The molecular weight excluding hydrogens is 691 g/mol. The minimum atomic E-state index is -0.609. The molecule has 0 spiro atoms. The minimum absolute atomic E-state index is 0.0235. The molecule has 11 heteroatoms. The van der Waals surface area contributed by atoms with Crippen molar-refractivity contribution >= 4 is 69.3 Å². The van der Waals surface area contributed by atoms with Crippen molar-refractivity contribution in [1.29, 1.82) is 0 Å². The van der Waals surface area contributed by atoms with Crippen LogP contribution in [-0.4, -0.2) is 22.7 Å². The van der Waals surface area contributed by atoms with Crippen LogP contribution in [-0.2, 0) is 9.59 Å². The number of thiazole rings is 1. The molecule has 6 aromatic rings. The molecular formula is C39H28ClFN4O3S2. The van der Waals surface area contributed by atoms with Crippen molar-refractivity contribution in [1.82, 2.24) is 10.3 Å². The van der Waals surface area contributed by atoms with Crippen LogP contribution in [0.1, 0.15) is 26.7 Å². The van der Waals surface area contributed by atoms with Crippen molar-refractivity contribution in [2.75, 3.05) is 10.6 Å². The Bertz CT molecular complexity index is 2140. The van der Waals surface area contributed by atoms with Gasteiger partial charge in [-0.15, -0.1) is 23.1 Å². The molecule has 0 aliphatic rings. The van der Waals surface area contributed by atoms with Gasteiger partial charge in [-0.25, -0.2) is 9.37 Å². The Labute approximate surface area is 301 Å². The van der Waals surface area contributed by atoms with E-state index in [-0.39, 0.29) is 11.6 Å². The zero-order valence-corrected chi connectivity index (χ0v) is 28.6. The Morgan fingerprint density at radius 3 is 2.14 bits per heavy atom. The predicted octanol–water partition coefficient (Wildman–Crippen LogP) is 9.48. The maximum Gasteiger partial charge on any atom is 0.272 e. The molecule has 0 saturated heterocycles. The number of nitrogens with one attached hydrogen (secondary N) is 3. The highest BCUT2D eigenvalue weighted by Crippen LogP contribution is 2.38. The second kappa shape index (κ2) is 16.2. The fourth-order valence-electron chi connectivity index (χ4n) is 4.81. The SMILES string of the molecule is O=C(Nc1ccc(SC(C(=O)Nc2nc(-c3ccccc3Cl)cs2)c2ccccc2)cc1)/C(=C/c1ccc(F)cc1)NC(=O)c1ccccc1. The first kappa shape index (κ1) is 34.3. The second-order valence-electron chi connectivity index (χ2n) is 10.8. The third kappa shape index (κ3) is 8.91. The minimum Gasteiger partial charge on any atom is -0.321 e. The van der Waals surface area contributed by atoms with Crippen LogP contribution in [0.2, 0.25) is 5.02 Å². The van der Waals surface area contributed by atoms with E-state index < -0.39 is 22.9 Å². The van der Waals surface area contributed by atoms with Gasteiger partial charge in [0.25, 0.3) is 11.8 Å². The summed E-state index contributed by atoms with van der Waals surface area (Å²) in [4.78, 5) is 45.4. The zero-order chi connectivity index (χ0) is 34.9. The number of hydrogen-bond acceptors (Lipinski definition) is 6. The summed E-state index contributed by atoms with van der Waals surface area (Å²) in [5, 5.41) is 10.7. The van der Waals surface area contributed by atoms with Gasteiger partial charge in [0.2, 0.25) is 5.91 Å². The fourth-order valence-corrected chi connectivity index (χ4v) is 6.79. The Morgan fingerprint density at radius 1 is 0.780 bits per heavy atom. The van der Waals surface area contributed by atoms with Crippen LogP contribution < -0.4 is 16.0 Å². The Kier molecular flexibility index (Phi) is 11.1. The normalized spacial score (nSPS) is 11.8. The number of benzene rings is 5. The predicted molar refractivity (Wildman–Crippen MR) is 200 cm³/mol. The molecule has 0 radical (unpaired) electrons. The third-order valence-corrected chi connectivity index (χ3v) is 9.65. The number of amides is 3. The molecule has 6 rings (SSSR count). The molecule has 0 aliphatic carbocycles. The van der Waals surface area contributed by atoms with Crippen molar-refractivity contribution in [3.05, 3.63) is 172 Å². The van der Waals surface area contributed by atoms with E-state index in [2.05, 4.69) is 20.9 Å². The number of carbonyl (C=O) groups is 3. The Hall–Kier alpha value is -5.55. The Balaban J connectivity index is 1.17. The van der Waals surface area contributed by atoms with Crippen LogP contribution in [0.25, 0.3) is 17.3 Å². The molecule has 0 fully saturated rings. The van der Waals surface area contributed by atoms with Crippen LogP contribution >= 0.6 is 34.7 Å². The first-order valence-electron chi connectivity index (χ1n) is 15.3. The molecule has 5 aromatic carbocycles. The van der Waals surface area contributed by atoms with Crippen molar-refractivity contribution in [2.45, 2.75) is 10.1 Å². The van der Waals surface area contributed by atoms with Gasteiger partial charge in [0, 0.05) is 32.1 Å². The average molecular weight is 719 g/mol. The highest BCUT2D eigenvalue weighted by atomic mass is 35.5. The van der Waals surface area contributed by atoms with E-state index >= 15 is 0 Å². The first-order valence-corrected chi connectivity index (χ1v) is 17.4. The van der Waals surface area contributed by atoms with Crippen LogP contribution in [0.3, 0.4) is 0 Å². The number of nitrogens with zero attached hydrogens (tertiary/aromatic N) is 1. The summed E-state index contributed by atoms with van der Waals surface area (Å²) in [7, 11) is 0. The highest BCUT2D eigenvalue weighted by Gasteiger charge is 2.24. The van der Waals surface area contributed by atoms with Gasteiger partial charge in [-0.1, -0.05) is 90.5 Å². The van der Waals surface area contributed by atoms with Gasteiger partial charge >= 0.3 is 0 Å². The molecule has 1 unspecified atom stereocenters. The van der Waals surface area contributed by atoms with Crippen LogP contribution in [0, 0.1) is 5.82 Å². The number of hydrogen-bond donors (Lipinski definition) is 3. The zero-order valence-electron chi connectivity index (χ0n) is 26.2. The van der Waals surface area contributed by atoms with Gasteiger partial charge in [0.1, 0.15) is 16.8 Å². The van der Waals surface area contributed by atoms with Crippen molar-refractivity contribution < 1.29 is 18.8 Å². The van der Waals surface area contributed by atoms with E-state index in [9.17, 15) is 18.8 Å². The van der Waals surface area contributed by atoms with Crippen LogP contribution in [0.5, 0.6) is 0 Å². The lowest BCUT2D eigenvalue weighted by atomic mass is 10.1. The molecule has 1 atom stereocenters. The summed E-state index contributed by atoms with van der Waals surface area (Å²) in [6, 6.07) is 37.9. The molecule has 50 heavy (non-hydrogen) atoms. The number of aromatic nitrogens is 1. The quantitative estimate of drug-likeness (QED) is 0.0916. The summed E-state index contributed by atoms with van der Waals surface area (Å²) in [6.45, 7) is 0. The highest BCUT2D eigenvalue weighted by molar-refractivity contribution is 8.00. The molecule has 0 aliphatic heterocycles. The second-order valence-corrected chi connectivity index (χ2v) is 13.3. The Morgan fingerprint density at radius 2 is 1.44 bits per heavy atom. The summed E-state index contributed by atoms with van der Waals surface area (Å²) in [5.41, 5.74) is 3.61. The molecule has 1 aromatic heterocycles. The van der Waals surface area contributed by atoms with Crippen molar-refractivity contribution in [3.63, 3.8) is 0 Å². The van der Waals surface area contributed by atoms with Crippen LogP contribution in [0.4, 0.5) is 15.2 Å². The number of anilines is 2. The summed E-state index contributed by atoms with van der Waals surface area (Å²) in [5.74, 6) is -1.70. The molecule has 7 nitrogen and oxygen atoms in total. The van der Waals surface area contributed by atoms with Crippen molar-refractivity contribution in [3.8, 4) is 11.3 Å². The number of halogens is 2. The van der Waals surface area contributed by atoms with Crippen molar-refractivity contribution in [2.24, 2.45) is 0 Å². The van der Waals surface area contributed by atoms with E-state index in [0.29, 0.717) is 32.7 Å². The number of carbonyl (C=O) groups excluding carboxylic acids is 3. The van der Waals surface area contributed by atoms with E-state index in [1.165, 1.54) is 53.4 Å². The lowest BCUT2D eigenvalue weighted by Gasteiger charge is -2.17. The molecule has 0 bridgehead atoms. The lowest BCUT2D eigenvalue weighted by molar-refractivity contribution is -0.116. The van der Waals surface area contributed by atoms with E-state index in [1.54, 1.807) is 60.7 Å². The van der Waals surface area contributed by atoms with Gasteiger partial charge < -0.3 is 16.0 Å². The van der Waals surface area contributed by atoms with Gasteiger partial charge in [-0.05, 0) is 71.8 Å². The standard InChI is InChI=1S/C39H28ClFN4O3S2/c40-32-14-8-7-13-31(32)34-24-49-39(44-34)45-38(48)35(26-9-3-1-4-10-26)50-30-21-19-29(20-22-30)42-37(47)33(23-25-15-17-28(41)18-16-25)43-36(46)27-11-5-2-6-12-27/h1-24,35H,(H,42,47)(H,43,46)(H,44,45,48)/b33-23-. The monoisotopic (exact) mass is 718 g/mol. The summed E-state index contributed by atoms with van der Waals surface area (Å²) >= 11 is 9.01.